The van der Waals surface area contributed by atoms with Crippen LogP contribution in [0.4, 0.5) is 13.2 Å². The summed E-state index contributed by atoms with van der Waals surface area (Å²) >= 11 is 18.1. The van der Waals surface area contributed by atoms with Crippen LogP contribution in [-0.2, 0) is 12.8 Å². The Balaban J connectivity index is 1.73. The van der Waals surface area contributed by atoms with Crippen LogP contribution in [0.25, 0.3) is 11.0 Å². The molecule has 35 heavy (non-hydrogen) atoms. The molecule has 4 rings (SSSR count). The molecular weight excluding hydrogens is 528 g/mol. The summed E-state index contributed by atoms with van der Waals surface area (Å²) in [6, 6.07) is 11.7. The second-order valence-electron chi connectivity index (χ2n) is 7.74. The fraction of sp³-hybridized carbons (Fsp3) is 0.160. The van der Waals surface area contributed by atoms with Gasteiger partial charge in [0.15, 0.2) is 0 Å². The summed E-state index contributed by atoms with van der Waals surface area (Å²) in [5.41, 5.74) is 0.505. The normalized spacial score (nSPS) is 11.7. The average molecular weight is 544 g/mol. The van der Waals surface area contributed by atoms with Gasteiger partial charge < -0.3 is 13.9 Å². The van der Waals surface area contributed by atoms with Crippen LogP contribution in [0.5, 0.6) is 17.2 Å². The maximum absolute atomic E-state index is 13.8. The number of ether oxygens (including phenoxy) is 2. The third-order valence-corrected chi connectivity index (χ3v) is 6.30. The number of fused-ring (bicyclic) bond motifs is 1. The topological polar surface area (TPSA) is 48.7 Å². The molecule has 4 nitrogen and oxygen atoms in total. The number of alkyl halides is 3. The Morgan fingerprint density at radius 3 is 2.23 bits per heavy atom. The fourth-order valence-corrected chi connectivity index (χ4v) is 3.98. The molecule has 10 heteroatoms. The maximum Gasteiger partial charge on any atom is 0.453 e. The summed E-state index contributed by atoms with van der Waals surface area (Å²) < 4.78 is 57.7. The van der Waals surface area contributed by atoms with E-state index in [1.807, 2.05) is 0 Å². The first kappa shape index (κ1) is 25.2. The van der Waals surface area contributed by atoms with E-state index in [0.717, 1.165) is 0 Å². The molecule has 0 bridgehead atoms. The highest BCUT2D eigenvalue weighted by molar-refractivity contribution is 6.35. The molecule has 0 saturated heterocycles. The van der Waals surface area contributed by atoms with Crippen LogP contribution in [-0.4, -0.2) is 0 Å². The van der Waals surface area contributed by atoms with Crippen molar-refractivity contribution in [1.29, 1.82) is 0 Å². The molecule has 0 saturated carbocycles. The largest absolute Gasteiger partial charge is 0.489 e. The van der Waals surface area contributed by atoms with Crippen LogP contribution in [0.1, 0.15) is 22.5 Å². The molecule has 0 spiro atoms. The molecule has 0 fully saturated rings. The lowest BCUT2D eigenvalue weighted by atomic mass is 10.1. The van der Waals surface area contributed by atoms with E-state index in [1.165, 1.54) is 30.3 Å². The standard InChI is InChI=1S/C25H16Cl3F3O4/c1-12-7-17(8-13(2)21(12)28)34-23-22(32)18-6-5-16(10-20(18)35-24(23)25(29,30)31)33-11-14-3-4-15(26)9-19(14)27/h3-10H,11H2,1-2H3. The van der Waals surface area contributed by atoms with Gasteiger partial charge in [-0.1, -0.05) is 40.9 Å². The smallest absolute Gasteiger partial charge is 0.453 e. The minimum atomic E-state index is -4.99. The van der Waals surface area contributed by atoms with Crippen molar-refractivity contribution in [3.05, 3.63) is 96.3 Å². The van der Waals surface area contributed by atoms with Gasteiger partial charge in [-0.15, -0.1) is 0 Å². The predicted molar refractivity (Wildman–Crippen MR) is 129 cm³/mol. The molecule has 3 aromatic carbocycles. The Morgan fingerprint density at radius 2 is 1.60 bits per heavy atom. The van der Waals surface area contributed by atoms with Gasteiger partial charge in [-0.05, 0) is 61.4 Å². The molecule has 0 aliphatic carbocycles. The maximum atomic E-state index is 13.8. The van der Waals surface area contributed by atoms with Gasteiger partial charge in [0, 0.05) is 26.7 Å². The summed E-state index contributed by atoms with van der Waals surface area (Å²) in [7, 11) is 0. The van der Waals surface area contributed by atoms with Crippen molar-refractivity contribution in [1.82, 2.24) is 0 Å². The molecule has 0 atom stereocenters. The van der Waals surface area contributed by atoms with E-state index in [9.17, 15) is 18.0 Å². The van der Waals surface area contributed by atoms with Crippen molar-refractivity contribution >= 4 is 45.8 Å². The minimum absolute atomic E-state index is 0.0222. The number of rotatable bonds is 5. The second kappa shape index (κ2) is 9.64. The molecular formula is C25H16Cl3F3O4. The summed E-state index contributed by atoms with van der Waals surface area (Å²) in [6.45, 7) is 3.37. The van der Waals surface area contributed by atoms with Crippen LogP contribution in [0.15, 0.2) is 57.7 Å². The number of hydrogen-bond acceptors (Lipinski definition) is 4. The first-order valence-electron chi connectivity index (χ1n) is 10.1. The zero-order valence-electron chi connectivity index (χ0n) is 18.2. The van der Waals surface area contributed by atoms with Crippen molar-refractivity contribution in [2.45, 2.75) is 26.6 Å². The van der Waals surface area contributed by atoms with Crippen LogP contribution in [0.3, 0.4) is 0 Å². The quantitative estimate of drug-likeness (QED) is 0.252. The predicted octanol–water partition coefficient (Wildman–Crippen LogP) is 8.76. The van der Waals surface area contributed by atoms with Gasteiger partial charge in [0.05, 0.1) is 5.39 Å². The minimum Gasteiger partial charge on any atom is -0.489 e. The molecule has 4 aromatic rings. The second-order valence-corrected chi connectivity index (χ2v) is 8.96. The Bertz CT molecular complexity index is 1470. The van der Waals surface area contributed by atoms with E-state index in [1.54, 1.807) is 32.0 Å². The SMILES string of the molecule is Cc1cc(Oc2c(C(F)(F)F)oc3cc(OCc4ccc(Cl)cc4Cl)ccc3c2=O)cc(C)c1Cl. The number of benzene rings is 3. The number of hydrogen-bond donors (Lipinski definition) is 0. The van der Waals surface area contributed by atoms with E-state index >= 15 is 0 Å². The van der Waals surface area contributed by atoms with Crippen LogP contribution >= 0.6 is 34.8 Å². The van der Waals surface area contributed by atoms with Crippen molar-refractivity contribution in [2.24, 2.45) is 0 Å². The van der Waals surface area contributed by atoms with Gasteiger partial charge in [-0.25, -0.2) is 0 Å². The number of halogens is 6. The van der Waals surface area contributed by atoms with Crippen molar-refractivity contribution in [2.75, 3.05) is 0 Å². The molecule has 0 radical (unpaired) electrons. The third kappa shape index (κ3) is 5.37. The van der Waals surface area contributed by atoms with Crippen LogP contribution < -0.4 is 14.9 Å². The monoisotopic (exact) mass is 542 g/mol. The van der Waals surface area contributed by atoms with Gasteiger partial charge in [0.25, 0.3) is 5.76 Å². The summed E-state index contributed by atoms with van der Waals surface area (Å²) in [5, 5.41) is 1.17. The Labute approximate surface area is 212 Å². The van der Waals surface area contributed by atoms with Crippen LogP contribution in [0, 0.1) is 13.8 Å². The molecule has 1 aromatic heterocycles. The van der Waals surface area contributed by atoms with Gasteiger partial charge in [-0.2, -0.15) is 13.2 Å². The first-order chi connectivity index (χ1) is 16.4. The Hall–Kier alpha value is -2.87. The summed E-state index contributed by atoms with van der Waals surface area (Å²) in [5.74, 6) is -2.32. The lowest BCUT2D eigenvalue weighted by molar-refractivity contribution is -0.154. The molecule has 0 aliphatic rings. The van der Waals surface area contributed by atoms with Crippen molar-refractivity contribution in [3.63, 3.8) is 0 Å². The van der Waals surface area contributed by atoms with E-state index < -0.39 is 23.1 Å². The molecule has 0 unspecified atom stereocenters. The Kier molecular flexibility index (Phi) is 6.95. The average Bonchev–Trinajstić information content (AvgIpc) is 2.77. The zero-order valence-corrected chi connectivity index (χ0v) is 20.5. The molecule has 0 N–H and O–H groups in total. The highest BCUT2D eigenvalue weighted by Crippen LogP contribution is 2.39. The first-order valence-corrected chi connectivity index (χ1v) is 11.3. The van der Waals surface area contributed by atoms with Gasteiger partial charge >= 0.3 is 6.18 Å². The fourth-order valence-electron chi connectivity index (χ4n) is 3.41. The summed E-state index contributed by atoms with van der Waals surface area (Å²) in [6.07, 6.45) is -4.99. The van der Waals surface area contributed by atoms with Crippen molar-refractivity contribution < 1.29 is 27.1 Å². The molecule has 1 heterocycles. The van der Waals surface area contributed by atoms with Gasteiger partial charge in [0.1, 0.15) is 23.7 Å². The molecule has 182 valence electrons. The van der Waals surface area contributed by atoms with E-state index in [0.29, 0.717) is 31.8 Å². The lowest BCUT2D eigenvalue weighted by Gasteiger charge is -2.15. The van der Waals surface area contributed by atoms with E-state index in [2.05, 4.69) is 0 Å². The van der Waals surface area contributed by atoms with Gasteiger partial charge in [0.2, 0.25) is 11.2 Å². The molecule has 0 amide bonds. The summed E-state index contributed by atoms with van der Waals surface area (Å²) in [4.78, 5) is 13.0. The third-order valence-electron chi connectivity index (χ3n) is 5.12. The Morgan fingerprint density at radius 1 is 0.914 bits per heavy atom. The van der Waals surface area contributed by atoms with Gasteiger partial charge in [-0.3, -0.25) is 4.79 Å². The highest BCUT2D eigenvalue weighted by Gasteiger charge is 2.40. The van der Waals surface area contributed by atoms with E-state index in [4.69, 9.17) is 48.7 Å². The highest BCUT2D eigenvalue weighted by atomic mass is 35.5. The van der Waals surface area contributed by atoms with Crippen molar-refractivity contribution in [3.8, 4) is 17.2 Å². The molecule has 0 aliphatic heterocycles. The lowest BCUT2D eigenvalue weighted by Crippen LogP contribution is -2.15. The zero-order chi connectivity index (χ0) is 25.5. The number of aryl methyl sites for hydroxylation is 2. The van der Waals surface area contributed by atoms with E-state index in [-0.39, 0.29) is 29.1 Å². The van der Waals surface area contributed by atoms with Crippen LogP contribution in [0.2, 0.25) is 15.1 Å².